The predicted octanol–water partition coefficient (Wildman–Crippen LogP) is 4.69. The van der Waals surface area contributed by atoms with E-state index in [0.29, 0.717) is 35.0 Å². The summed E-state index contributed by atoms with van der Waals surface area (Å²) in [7, 11) is 0. The van der Waals surface area contributed by atoms with Crippen molar-refractivity contribution in [2.45, 2.75) is 18.9 Å². The van der Waals surface area contributed by atoms with Crippen LogP contribution in [-0.2, 0) is 4.79 Å². The molecule has 0 aromatic heterocycles. The van der Waals surface area contributed by atoms with Gasteiger partial charge in [0.1, 0.15) is 0 Å². The lowest BCUT2D eigenvalue weighted by Gasteiger charge is -2.13. The largest absolute Gasteiger partial charge is 0.479 e. The van der Waals surface area contributed by atoms with E-state index in [0.717, 1.165) is 11.1 Å². The van der Waals surface area contributed by atoms with E-state index in [1.807, 2.05) is 18.2 Å². The summed E-state index contributed by atoms with van der Waals surface area (Å²) in [4.78, 5) is 16.1. The maximum absolute atomic E-state index is 11.8. The topological polar surface area (TPSA) is 75.7 Å². The third kappa shape index (κ3) is 6.30. The molecule has 0 amide bonds. The monoisotopic (exact) mass is 390 g/mol. The molecule has 0 saturated heterocycles. The van der Waals surface area contributed by atoms with Gasteiger partial charge in [-0.05, 0) is 60.4 Å². The average Bonchev–Trinajstić information content (AvgIpc) is 2.62. The van der Waals surface area contributed by atoms with E-state index in [1.165, 1.54) is 0 Å². The number of carboxylic acid groups (broad SMARTS) is 1. The lowest BCUT2D eigenvalue weighted by molar-refractivity contribution is -0.137. The highest BCUT2D eigenvalue weighted by molar-refractivity contribution is 6.30. The molecule has 1 atom stereocenters. The van der Waals surface area contributed by atoms with E-state index in [1.54, 1.807) is 42.6 Å². The number of nitrogens with two attached hydrogens (primary N) is 1. The molecule has 2 rings (SSSR count). The van der Waals surface area contributed by atoms with Crippen LogP contribution in [0.15, 0.2) is 59.1 Å². The van der Waals surface area contributed by atoms with Crippen LogP contribution in [0.4, 0.5) is 0 Å². The lowest BCUT2D eigenvalue weighted by Crippen LogP contribution is -2.21. The Kier molecular flexibility index (Phi) is 7.85. The van der Waals surface area contributed by atoms with Crippen LogP contribution in [-0.4, -0.2) is 29.9 Å². The zero-order valence-corrected chi connectivity index (χ0v) is 15.6. The molecule has 2 aromatic carbocycles. The number of nitrogens with zero attached hydrogens (tertiary/aromatic N) is 1. The second kappa shape index (κ2) is 10.1. The zero-order valence-electron chi connectivity index (χ0n) is 14.1. The summed E-state index contributed by atoms with van der Waals surface area (Å²) in [5.41, 5.74) is 7.95. The first-order valence-corrected chi connectivity index (χ1v) is 8.93. The van der Waals surface area contributed by atoms with Crippen molar-refractivity contribution in [3.63, 3.8) is 0 Å². The minimum Gasteiger partial charge on any atom is -0.479 e. The van der Waals surface area contributed by atoms with Gasteiger partial charge in [0.25, 0.3) is 0 Å². The molecule has 0 heterocycles. The fraction of sp³-hybridized carbons (Fsp3) is 0.200. The van der Waals surface area contributed by atoms with E-state index >= 15 is 0 Å². The van der Waals surface area contributed by atoms with E-state index < -0.39 is 12.0 Å². The van der Waals surface area contributed by atoms with Gasteiger partial charge in [0.2, 0.25) is 0 Å². The molecule has 0 aliphatic carbocycles. The molecule has 2 aromatic rings. The number of halogens is 2. The second-order valence-corrected chi connectivity index (χ2v) is 6.61. The summed E-state index contributed by atoms with van der Waals surface area (Å²) in [6.07, 6.45) is 4.62. The van der Waals surface area contributed by atoms with Crippen molar-refractivity contribution in [2.75, 3.05) is 6.54 Å². The second-order valence-electron chi connectivity index (χ2n) is 5.73. The van der Waals surface area contributed by atoms with Crippen LogP contribution < -0.4 is 5.73 Å². The van der Waals surface area contributed by atoms with Gasteiger partial charge in [0.05, 0.1) is 0 Å². The van der Waals surface area contributed by atoms with Crippen LogP contribution in [0, 0.1) is 0 Å². The standard InChI is InChI=1S/C20H20Cl2N2O2/c21-17-7-3-14(4-8-17)12-16(2-1-11-23)19(20(25)26)24-13-15-5-9-18(22)10-6-15/h3-10,12-13,19H,1-2,11,23H2,(H,25,26)/t19-/m0/s1. The highest BCUT2D eigenvalue weighted by Crippen LogP contribution is 2.20. The van der Waals surface area contributed by atoms with E-state index in [-0.39, 0.29) is 0 Å². The third-order valence-corrected chi connectivity index (χ3v) is 4.22. The average molecular weight is 391 g/mol. The van der Waals surface area contributed by atoms with Crippen molar-refractivity contribution in [2.24, 2.45) is 10.7 Å². The fourth-order valence-electron chi connectivity index (χ4n) is 2.39. The molecule has 0 bridgehead atoms. The summed E-state index contributed by atoms with van der Waals surface area (Å²) >= 11 is 11.8. The number of carbonyl (C=O) groups is 1. The summed E-state index contributed by atoms with van der Waals surface area (Å²) in [5.74, 6) is -1.01. The van der Waals surface area contributed by atoms with Crippen molar-refractivity contribution in [3.05, 3.63) is 75.3 Å². The van der Waals surface area contributed by atoms with E-state index in [2.05, 4.69) is 4.99 Å². The van der Waals surface area contributed by atoms with Crippen LogP contribution in [0.25, 0.3) is 6.08 Å². The zero-order chi connectivity index (χ0) is 18.9. The molecule has 26 heavy (non-hydrogen) atoms. The van der Waals surface area contributed by atoms with Crippen LogP contribution >= 0.6 is 23.2 Å². The van der Waals surface area contributed by atoms with Gasteiger partial charge in [-0.3, -0.25) is 4.99 Å². The molecule has 0 aliphatic rings. The molecule has 3 N–H and O–H groups in total. The Morgan fingerprint density at radius 2 is 1.58 bits per heavy atom. The van der Waals surface area contributed by atoms with Crippen LogP contribution in [0.2, 0.25) is 10.0 Å². The van der Waals surface area contributed by atoms with Crippen molar-refractivity contribution >= 4 is 41.5 Å². The van der Waals surface area contributed by atoms with Gasteiger partial charge in [0, 0.05) is 16.3 Å². The Hall–Kier alpha value is -2.14. The lowest BCUT2D eigenvalue weighted by atomic mass is 9.99. The normalized spacial score (nSPS) is 13.1. The molecule has 0 saturated carbocycles. The first kappa shape index (κ1) is 20.2. The molecule has 136 valence electrons. The number of aliphatic carboxylic acids is 1. The smallest absolute Gasteiger partial charge is 0.332 e. The quantitative estimate of drug-likeness (QED) is 0.641. The summed E-state index contributed by atoms with van der Waals surface area (Å²) in [6.45, 7) is 0.477. The molecule has 0 unspecified atom stereocenters. The molecular formula is C20H20Cl2N2O2. The third-order valence-electron chi connectivity index (χ3n) is 3.72. The first-order chi connectivity index (χ1) is 12.5. The molecule has 0 radical (unpaired) electrons. The van der Waals surface area contributed by atoms with Crippen LogP contribution in [0.1, 0.15) is 24.0 Å². The molecule has 0 aliphatic heterocycles. The Balaban J connectivity index is 2.31. The summed E-state index contributed by atoms with van der Waals surface area (Å²) in [5, 5.41) is 10.9. The van der Waals surface area contributed by atoms with Crippen LogP contribution in [0.5, 0.6) is 0 Å². The highest BCUT2D eigenvalue weighted by atomic mass is 35.5. The number of rotatable bonds is 8. The number of benzene rings is 2. The number of carboxylic acids is 1. The Morgan fingerprint density at radius 1 is 1.04 bits per heavy atom. The number of aliphatic imine (C=N–C) groups is 1. The Morgan fingerprint density at radius 3 is 2.08 bits per heavy atom. The predicted molar refractivity (Wildman–Crippen MR) is 108 cm³/mol. The Bertz CT molecular complexity index is 784. The summed E-state index contributed by atoms with van der Waals surface area (Å²) in [6, 6.07) is 13.3. The number of hydrogen-bond acceptors (Lipinski definition) is 3. The molecule has 0 spiro atoms. The van der Waals surface area contributed by atoms with Crippen molar-refractivity contribution in [1.82, 2.24) is 0 Å². The van der Waals surface area contributed by atoms with Gasteiger partial charge in [-0.25, -0.2) is 4.79 Å². The van der Waals surface area contributed by atoms with Crippen LogP contribution in [0.3, 0.4) is 0 Å². The Labute approximate surface area is 163 Å². The van der Waals surface area contributed by atoms with Crippen molar-refractivity contribution < 1.29 is 9.90 Å². The van der Waals surface area contributed by atoms with E-state index in [4.69, 9.17) is 28.9 Å². The maximum Gasteiger partial charge on any atom is 0.332 e. The van der Waals surface area contributed by atoms with E-state index in [9.17, 15) is 9.90 Å². The minimum absolute atomic E-state index is 0.477. The van der Waals surface area contributed by atoms with Gasteiger partial charge in [-0.15, -0.1) is 0 Å². The van der Waals surface area contributed by atoms with Gasteiger partial charge in [-0.1, -0.05) is 53.5 Å². The highest BCUT2D eigenvalue weighted by Gasteiger charge is 2.20. The molecule has 4 nitrogen and oxygen atoms in total. The van der Waals surface area contributed by atoms with Gasteiger partial charge < -0.3 is 10.8 Å². The van der Waals surface area contributed by atoms with Crippen molar-refractivity contribution in [1.29, 1.82) is 0 Å². The fourth-order valence-corrected chi connectivity index (χ4v) is 2.65. The molecular weight excluding hydrogens is 371 g/mol. The van der Waals surface area contributed by atoms with Gasteiger partial charge in [0.15, 0.2) is 6.04 Å². The SMILES string of the molecule is NCCCC(=Cc1ccc(Cl)cc1)[C@H](N=Cc1ccc(Cl)cc1)C(=O)O. The van der Waals surface area contributed by atoms with Crippen molar-refractivity contribution in [3.8, 4) is 0 Å². The molecule has 0 fully saturated rings. The number of hydrogen-bond donors (Lipinski definition) is 2. The minimum atomic E-state index is -1.01. The maximum atomic E-state index is 11.8. The first-order valence-electron chi connectivity index (χ1n) is 8.17. The van der Waals surface area contributed by atoms with Gasteiger partial charge in [-0.2, -0.15) is 0 Å². The summed E-state index contributed by atoms with van der Waals surface area (Å²) < 4.78 is 0. The van der Waals surface area contributed by atoms with Gasteiger partial charge >= 0.3 is 5.97 Å². The molecule has 6 heteroatoms.